The molecule has 5 nitrogen and oxygen atoms in total. The van der Waals surface area contributed by atoms with Crippen molar-refractivity contribution >= 4 is 17.3 Å². The fraction of sp³-hybridized carbons (Fsp3) is 0.444. The lowest BCUT2D eigenvalue weighted by Crippen LogP contribution is -2.51. The van der Waals surface area contributed by atoms with Crippen molar-refractivity contribution in [3.63, 3.8) is 0 Å². The van der Waals surface area contributed by atoms with Crippen LogP contribution in [0.4, 0.5) is 0 Å². The summed E-state index contributed by atoms with van der Waals surface area (Å²) in [5.74, 6) is 1.69. The summed E-state index contributed by atoms with van der Waals surface area (Å²) < 4.78 is 11.3. The van der Waals surface area contributed by atoms with E-state index >= 15 is 0 Å². The highest BCUT2D eigenvalue weighted by Gasteiger charge is 2.24. The van der Waals surface area contributed by atoms with E-state index in [2.05, 4.69) is 46.5 Å². The number of piperazine rings is 1. The second-order valence-corrected chi connectivity index (χ2v) is 6.29. The van der Waals surface area contributed by atoms with Gasteiger partial charge in [0.2, 0.25) is 0 Å². The number of fused-ring (bicyclic) bond motifs is 1. The van der Waals surface area contributed by atoms with Crippen molar-refractivity contribution in [2.45, 2.75) is 13.0 Å². The Morgan fingerprint density at radius 2 is 1.96 bits per heavy atom. The quantitative estimate of drug-likeness (QED) is 0.669. The van der Waals surface area contributed by atoms with E-state index in [0.717, 1.165) is 42.8 Å². The topological polar surface area (TPSA) is 37.0 Å². The maximum atomic E-state index is 5.70. The van der Waals surface area contributed by atoms with Crippen LogP contribution in [-0.4, -0.2) is 54.3 Å². The molecule has 1 aromatic rings. The SMILES string of the molecule is C=C=CNC(=S)N1CCN(C(C)c2ccc3c(c2)OCCO3)CC1. The smallest absolute Gasteiger partial charge is 0.173 e. The molecule has 1 unspecified atom stereocenters. The molecule has 6 heteroatoms. The van der Waals surface area contributed by atoms with Gasteiger partial charge in [-0.2, -0.15) is 0 Å². The molecule has 3 rings (SSSR count). The number of thiocarbonyl (C=S) groups is 1. The molecule has 2 heterocycles. The first-order valence-electron chi connectivity index (χ1n) is 8.22. The van der Waals surface area contributed by atoms with Crippen molar-refractivity contribution in [1.29, 1.82) is 0 Å². The molecular weight excluding hydrogens is 322 g/mol. The van der Waals surface area contributed by atoms with Gasteiger partial charge in [0.1, 0.15) is 13.2 Å². The fourth-order valence-electron chi connectivity index (χ4n) is 3.05. The number of benzene rings is 1. The highest BCUT2D eigenvalue weighted by Crippen LogP contribution is 2.34. The Bertz CT molecular complexity index is 650. The molecule has 0 saturated carbocycles. The number of nitrogens with one attached hydrogen (secondary N) is 1. The molecule has 128 valence electrons. The minimum Gasteiger partial charge on any atom is -0.486 e. The molecular formula is C18H23N3O2S. The first-order valence-corrected chi connectivity index (χ1v) is 8.63. The number of nitrogens with zero attached hydrogens (tertiary/aromatic N) is 2. The van der Waals surface area contributed by atoms with Gasteiger partial charge in [-0.15, -0.1) is 5.73 Å². The van der Waals surface area contributed by atoms with Crippen LogP contribution in [0.5, 0.6) is 11.5 Å². The predicted molar refractivity (Wildman–Crippen MR) is 98.4 cm³/mol. The van der Waals surface area contributed by atoms with Gasteiger partial charge in [0, 0.05) is 38.4 Å². The summed E-state index contributed by atoms with van der Waals surface area (Å²) in [5.41, 5.74) is 3.93. The monoisotopic (exact) mass is 345 g/mol. The maximum absolute atomic E-state index is 5.70. The third kappa shape index (κ3) is 3.73. The largest absolute Gasteiger partial charge is 0.486 e. The van der Waals surface area contributed by atoms with Gasteiger partial charge in [-0.1, -0.05) is 12.6 Å². The van der Waals surface area contributed by atoms with E-state index < -0.39 is 0 Å². The van der Waals surface area contributed by atoms with Gasteiger partial charge < -0.3 is 19.7 Å². The molecule has 1 fully saturated rings. The molecule has 0 spiro atoms. The molecule has 1 aromatic carbocycles. The molecule has 1 N–H and O–H groups in total. The third-order valence-corrected chi connectivity index (χ3v) is 4.87. The van der Waals surface area contributed by atoms with Crippen molar-refractivity contribution in [2.75, 3.05) is 39.4 Å². The van der Waals surface area contributed by atoms with E-state index in [4.69, 9.17) is 21.7 Å². The zero-order valence-electron chi connectivity index (χ0n) is 14.0. The Hall–Kier alpha value is -2.01. The first kappa shape index (κ1) is 16.8. The highest BCUT2D eigenvalue weighted by molar-refractivity contribution is 7.80. The zero-order chi connectivity index (χ0) is 16.9. The van der Waals surface area contributed by atoms with Crippen LogP contribution >= 0.6 is 12.2 Å². The first-order chi connectivity index (χ1) is 11.7. The Balaban J connectivity index is 1.60. The lowest BCUT2D eigenvalue weighted by atomic mass is 10.1. The third-order valence-electron chi connectivity index (χ3n) is 4.50. The van der Waals surface area contributed by atoms with Crippen molar-refractivity contribution in [1.82, 2.24) is 15.1 Å². The second kappa shape index (κ2) is 7.71. The minimum absolute atomic E-state index is 0.331. The van der Waals surface area contributed by atoms with Crippen molar-refractivity contribution in [3.8, 4) is 11.5 Å². The van der Waals surface area contributed by atoms with Crippen molar-refractivity contribution in [3.05, 3.63) is 42.3 Å². The Morgan fingerprint density at radius 3 is 2.67 bits per heavy atom. The molecule has 1 saturated heterocycles. The average Bonchev–Trinajstić information content (AvgIpc) is 2.65. The van der Waals surface area contributed by atoms with Crippen LogP contribution in [-0.2, 0) is 0 Å². The predicted octanol–water partition coefficient (Wildman–Crippen LogP) is 2.31. The van der Waals surface area contributed by atoms with Crippen LogP contribution in [0.1, 0.15) is 18.5 Å². The molecule has 24 heavy (non-hydrogen) atoms. The Morgan fingerprint density at radius 1 is 1.25 bits per heavy atom. The molecule has 0 bridgehead atoms. The summed E-state index contributed by atoms with van der Waals surface area (Å²) in [6.45, 7) is 10.8. The van der Waals surface area contributed by atoms with Crippen LogP contribution in [0.15, 0.2) is 36.7 Å². The zero-order valence-corrected chi connectivity index (χ0v) is 14.8. The van der Waals surface area contributed by atoms with Crippen LogP contribution in [0, 0.1) is 0 Å². The number of ether oxygens (including phenoxy) is 2. The van der Waals surface area contributed by atoms with E-state index in [0.29, 0.717) is 19.3 Å². The van der Waals surface area contributed by atoms with Gasteiger partial charge in [0.15, 0.2) is 16.6 Å². The summed E-state index contributed by atoms with van der Waals surface area (Å²) in [4.78, 5) is 4.64. The lowest BCUT2D eigenvalue weighted by molar-refractivity contribution is 0.139. The lowest BCUT2D eigenvalue weighted by Gasteiger charge is -2.39. The molecule has 2 aliphatic rings. The summed E-state index contributed by atoms with van der Waals surface area (Å²) in [6.07, 6.45) is 1.65. The number of hydrogen-bond acceptors (Lipinski definition) is 4. The van der Waals surface area contributed by atoms with Crippen LogP contribution < -0.4 is 14.8 Å². The number of rotatable bonds is 3. The van der Waals surface area contributed by atoms with E-state index in [9.17, 15) is 0 Å². The molecule has 0 radical (unpaired) electrons. The van der Waals surface area contributed by atoms with Gasteiger partial charge >= 0.3 is 0 Å². The van der Waals surface area contributed by atoms with Crippen LogP contribution in [0.3, 0.4) is 0 Å². The van der Waals surface area contributed by atoms with Gasteiger partial charge in [-0.05, 0) is 36.8 Å². The summed E-state index contributed by atoms with van der Waals surface area (Å²) in [6, 6.07) is 6.58. The van der Waals surface area contributed by atoms with Gasteiger partial charge in [-0.3, -0.25) is 4.90 Å². The summed E-state index contributed by atoms with van der Waals surface area (Å²) in [7, 11) is 0. The van der Waals surface area contributed by atoms with E-state index in [1.165, 1.54) is 5.56 Å². The van der Waals surface area contributed by atoms with Crippen molar-refractivity contribution < 1.29 is 9.47 Å². The fourth-order valence-corrected chi connectivity index (χ4v) is 3.29. The van der Waals surface area contributed by atoms with E-state index in [1.54, 1.807) is 6.20 Å². The summed E-state index contributed by atoms with van der Waals surface area (Å²) in [5, 5.41) is 3.76. The number of hydrogen-bond donors (Lipinski definition) is 1. The molecule has 0 aromatic heterocycles. The van der Waals surface area contributed by atoms with Crippen molar-refractivity contribution in [2.24, 2.45) is 0 Å². The van der Waals surface area contributed by atoms with E-state index in [1.807, 2.05) is 6.07 Å². The van der Waals surface area contributed by atoms with Gasteiger partial charge in [0.25, 0.3) is 0 Å². The molecule has 1 atom stereocenters. The summed E-state index contributed by atoms with van der Waals surface area (Å²) >= 11 is 5.37. The Labute approximate surface area is 148 Å². The van der Waals surface area contributed by atoms with Crippen LogP contribution in [0.2, 0.25) is 0 Å². The van der Waals surface area contributed by atoms with Gasteiger partial charge in [0.05, 0.1) is 0 Å². The van der Waals surface area contributed by atoms with Gasteiger partial charge in [-0.25, -0.2) is 0 Å². The van der Waals surface area contributed by atoms with E-state index in [-0.39, 0.29) is 0 Å². The molecule has 0 amide bonds. The van der Waals surface area contributed by atoms with Crippen LogP contribution in [0.25, 0.3) is 0 Å². The minimum atomic E-state index is 0.331. The average molecular weight is 345 g/mol. The highest BCUT2D eigenvalue weighted by atomic mass is 32.1. The Kier molecular flexibility index (Phi) is 5.41. The maximum Gasteiger partial charge on any atom is 0.173 e. The normalized spacial score (nSPS) is 18.5. The molecule has 2 aliphatic heterocycles. The standard InChI is InChI=1S/C18H23N3O2S/c1-3-6-19-18(24)21-9-7-20(8-10-21)14(2)15-4-5-16-17(13-15)23-12-11-22-16/h4-6,13-14H,1,7-12H2,2H3,(H,19,24). The second-order valence-electron chi connectivity index (χ2n) is 5.90. The molecule has 0 aliphatic carbocycles.